The van der Waals surface area contributed by atoms with Gasteiger partial charge in [0.2, 0.25) is 5.91 Å². The fourth-order valence-electron chi connectivity index (χ4n) is 3.56. The van der Waals surface area contributed by atoms with Gasteiger partial charge in [-0.3, -0.25) is 9.59 Å². The highest BCUT2D eigenvalue weighted by Crippen LogP contribution is 2.22. The van der Waals surface area contributed by atoms with E-state index in [-0.39, 0.29) is 42.3 Å². The third kappa shape index (κ3) is 4.74. The standard InChI is InChI=1S/C18H24BrN3O2.ClH/c1-12-15(4-2-10-20-12)21-17(23)16-5-3-11-22(16)18(24)13-6-8-14(19)9-7-13;/h6-9,12,15-16,20H,2-5,10-11H2,1H3,(H,21,23);1H. The topological polar surface area (TPSA) is 61.4 Å². The smallest absolute Gasteiger partial charge is 0.254 e. The summed E-state index contributed by atoms with van der Waals surface area (Å²) < 4.78 is 0.938. The third-order valence-electron chi connectivity index (χ3n) is 5.00. The van der Waals surface area contributed by atoms with Gasteiger partial charge in [0.25, 0.3) is 5.91 Å². The number of likely N-dealkylation sites (tertiary alicyclic amines) is 1. The first-order valence-corrected chi connectivity index (χ1v) is 9.46. The Hall–Kier alpha value is -1.11. The van der Waals surface area contributed by atoms with Crippen molar-refractivity contribution in [3.05, 3.63) is 34.3 Å². The van der Waals surface area contributed by atoms with Crippen LogP contribution in [0.1, 0.15) is 43.0 Å². The van der Waals surface area contributed by atoms with E-state index in [9.17, 15) is 9.59 Å². The van der Waals surface area contributed by atoms with Crippen LogP contribution in [0, 0.1) is 0 Å². The van der Waals surface area contributed by atoms with Crippen molar-refractivity contribution in [2.75, 3.05) is 13.1 Å². The number of carbonyl (C=O) groups excluding carboxylic acids is 2. The van der Waals surface area contributed by atoms with Gasteiger partial charge in [-0.2, -0.15) is 0 Å². The summed E-state index contributed by atoms with van der Waals surface area (Å²) >= 11 is 3.38. The number of hydrogen-bond donors (Lipinski definition) is 2. The number of nitrogens with one attached hydrogen (secondary N) is 2. The van der Waals surface area contributed by atoms with Crippen molar-refractivity contribution >= 4 is 40.2 Å². The molecule has 2 heterocycles. The molecule has 1 aromatic rings. The van der Waals surface area contributed by atoms with Crippen LogP contribution in [0.2, 0.25) is 0 Å². The largest absolute Gasteiger partial charge is 0.350 e. The van der Waals surface area contributed by atoms with Gasteiger partial charge in [-0.25, -0.2) is 0 Å². The Bertz CT molecular complexity index is 611. The Labute approximate surface area is 163 Å². The van der Waals surface area contributed by atoms with Crippen molar-refractivity contribution in [2.24, 2.45) is 0 Å². The lowest BCUT2D eigenvalue weighted by Gasteiger charge is -2.33. The van der Waals surface area contributed by atoms with Gasteiger partial charge < -0.3 is 15.5 Å². The molecule has 0 bridgehead atoms. The molecule has 5 nitrogen and oxygen atoms in total. The molecule has 138 valence electrons. The predicted molar refractivity (Wildman–Crippen MR) is 104 cm³/mol. The molecule has 3 rings (SSSR count). The minimum atomic E-state index is -0.352. The van der Waals surface area contributed by atoms with E-state index in [1.807, 2.05) is 12.1 Å². The lowest BCUT2D eigenvalue weighted by atomic mass is 9.99. The Morgan fingerprint density at radius 1 is 1.20 bits per heavy atom. The van der Waals surface area contributed by atoms with Gasteiger partial charge >= 0.3 is 0 Å². The van der Waals surface area contributed by atoms with Crippen LogP contribution in [-0.4, -0.2) is 47.9 Å². The van der Waals surface area contributed by atoms with E-state index < -0.39 is 0 Å². The summed E-state index contributed by atoms with van der Waals surface area (Å²) in [7, 11) is 0. The number of benzene rings is 1. The normalized spacial score (nSPS) is 26.0. The van der Waals surface area contributed by atoms with Crippen LogP contribution < -0.4 is 10.6 Å². The molecule has 2 amide bonds. The van der Waals surface area contributed by atoms with E-state index >= 15 is 0 Å². The molecular weight excluding hydrogens is 406 g/mol. The van der Waals surface area contributed by atoms with Crippen LogP contribution in [-0.2, 0) is 4.79 Å². The van der Waals surface area contributed by atoms with Gasteiger partial charge in [0.05, 0.1) is 0 Å². The average molecular weight is 431 g/mol. The first-order chi connectivity index (χ1) is 11.6. The molecule has 1 aromatic carbocycles. The van der Waals surface area contributed by atoms with Crippen molar-refractivity contribution in [3.63, 3.8) is 0 Å². The van der Waals surface area contributed by atoms with Crippen molar-refractivity contribution in [1.82, 2.24) is 15.5 Å². The molecule has 0 aliphatic carbocycles. The highest BCUT2D eigenvalue weighted by Gasteiger charge is 2.36. The minimum Gasteiger partial charge on any atom is -0.350 e. The number of piperidine rings is 1. The fourth-order valence-corrected chi connectivity index (χ4v) is 3.83. The maximum absolute atomic E-state index is 12.7. The zero-order valence-corrected chi connectivity index (χ0v) is 16.7. The maximum Gasteiger partial charge on any atom is 0.254 e. The van der Waals surface area contributed by atoms with E-state index in [1.54, 1.807) is 17.0 Å². The van der Waals surface area contributed by atoms with Gasteiger partial charge in [-0.15, -0.1) is 12.4 Å². The molecule has 0 aromatic heterocycles. The first-order valence-electron chi connectivity index (χ1n) is 8.66. The van der Waals surface area contributed by atoms with E-state index in [0.29, 0.717) is 12.1 Å². The highest BCUT2D eigenvalue weighted by atomic mass is 79.9. The molecule has 0 saturated carbocycles. The maximum atomic E-state index is 12.7. The van der Waals surface area contributed by atoms with Crippen LogP contribution in [0.15, 0.2) is 28.7 Å². The summed E-state index contributed by atoms with van der Waals surface area (Å²) in [6.45, 7) is 3.75. The van der Waals surface area contributed by atoms with Gasteiger partial charge in [-0.05, 0) is 63.4 Å². The second-order valence-electron chi connectivity index (χ2n) is 6.66. The van der Waals surface area contributed by atoms with Crippen LogP contribution in [0.5, 0.6) is 0 Å². The minimum absolute atomic E-state index is 0. The number of hydrogen-bond acceptors (Lipinski definition) is 3. The van der Waals surface area contributed by atoms with E-state index in [1.165, 1.54) is 0 Å². The number of amides is 2. The molecule has 7 heteroatoms. The monoisotopic (exact) mass is 429 g/mol. The van der Waals surface area contributed by atoms with Crippen molar-refractivity contribution in [1.29, 1.82) is 0 Å². The Morgan fingerprint density at radius 3 is 2.60 bits per heavy atom. The van der Waals surface area contributed by atoms with Crippen LogP contribution in [0.4, 0.5) is 0 Å². The second-order valence-corrected chi connectivity index (χ2v) is 7.58. The van der Waals surface area contributed by atoms with Crippen LogP contribution >= 0.6 is 28.3 Å². The highest BCUT2D eigenvalue weighted by molar-refractivity contribution is 9.10. The molecular formula is C18H25BrClN3O2. The van der Waals surface area contributed by atoms with Crippen molar-refractivity contribution in [3.8, 4) is 0 Å². The molecule has 0 radical (unpaired) electrons. The fraction of sp³-hybridized carbons (Fsp3) is 0.556. The Balaban J connectivity index is 0.00000225. The molecule has 0 spiro atoms. The van der Waals surface area contributed by atoms with E-state index in [0.717, 1.165) is 36.7 Å². The summed E-state index contributed by atoms with van der Waals surface area (Å²) in [5, 5.41) is 6.55. The summed E-state index contributed by atoms with van der Waals surface area (Å²) in [6.07, 6.45) is 3.68. The number of carbonyl (C=O) groups is 2. The number of halogens is 2. The zero-order chi connectivity index (χ0) is 17.1. The number of rotatable bonds is 3. The molecule has 2 N–H and O–H groups in total. The molecule has 2 saturated heterocycles. The first kappa shape index (κ1) is 20.2. The molecule has 3 unspecified atom stereocenters. The predicted octanol–water partition coefficient (Wildman–Crippen LogP) is 2.73. The zero-order valence-electron chi connectivity index (χ0n) is 14.3. The van der Waals surface area contributed by atoms with Gasteiger partial charge in [0.15, 0.2) is 0 Å². The molecule has 2 aliphatic heterocycles. The third-order valence-corrected chi connectivity index (χ3v) is 5.53. The summed E-state index contributed by atoms with van der Waals surface area (Å²) in [5.74, 6) is -0.0755. The molecule has 2 aliphatic rings. The van der Waals surface area contributed by atoms with Crippen molar-refractivity contribution < 1.29 is 9.59 Å². The summed E-state index contributed by atoms with van der Waals surface area (Å²) in [5.41, 5.74) is 0.630. The molecule has 25 heavy (non-hydrogen) atoms. The van der Waals surface area contributed by atoms with Gasteiger partial charge in [-0.1, -0.05) is 15.9 Å². The summed E-state index contributed by atoms with van der Waals surface area (Å²) in [6, 6.07) is 7.38. The Kier molecular flexibility index (Phi) is 7.28. The van der Waals surface area contributed by atoms with Crippen LogP contribution in [0.25, 0.3) is 0 Å². The van der Waals surface area contributed by atoms with E-state index in [2.05, 4.69) is 33.5 Å². The van der Waals surface area contributed by atoms with Gasteiger partial charge in [0.1, 0.15) is 6.04 Å². The molecule has 2 fully saturated rings. The van der Waals surface area contributed by atoms with E-state index in [4.69, 9.17) is 0 Å². The number of nitrogens with zero attached hydrogens (tertiary/aromatic N) is 1. The van der Waals surface area contributed by atoms with Crippen LogP contribution in [0.3, 0.4) is 0 Å². The average Bonchev–Trinajstić information content (AvgIpc) is 3.07. The lowest BCUT2D eigenvalue weighted by molar-refractivity contribution is -0.125. The summed E-state index contributed by atoms with van der Waals surface area (Å²) in [4.78, 5) is 27.2. The Morgan fingerprint density at radius 2 is 1.92 bits per heavy atom. The quantitative estimate of drug-likeness (QED) is 0.775. The van der Waals surface area contributed by atoms with Gasteiger partial charge in [0, 0.05) is 28.7 Å². The second kappa shape index (κ2) is 9.01. The molecule has 3 atom stereocenters. The lowest BCUT2D eigenvalue weighted by Crippen LogP contribution is -2.56. The SMILES string of the molecule is CC1NCCCC1NC(=O)C1CCCN1C(=O)c1ccc(Br)cc1.Cl. The van der Waals surface area contributed by atoms with Crippen molar-refractivity contribution in [2.45, 2.75) is 50.7 Å².